The molecule has 0 saturated carbocycles. The largest absolute Gasteiger partial charge is 0.370 e. The molecule has 0 aliphatic carbocycles. The van der Waals surface area contributed by atoms with E-state index in [1.165, 1.54) is 23.3 Å². The van der Waals surface area contributed by atoms with Crippen LogP contribution in [0.3, 0.4) is 0 Å². The predicted molar refractivity (Wildman–Crippen MR) is 77.7 cm³/mol. The molecule has 0 amide bonds. The van der Waals surface area contributed by atoms with E-state index < -0.39 is 0 Å². The SMILES string of the molecule is CN(Cc1ccc(CCN)cc1)c1ccc(F)cc1. The quantitative estimate of drug-likeness (QED) is 0.893. The van der Waals surface area contributed by atoms with Gasteiger partial charge in [-0.3, -0.25) is 0 Å². The molecule has 0 fully saturated rings. The third-order valence-electron chi connectivity index (χ3n) is 3.14. The number of nitrogens with zero attached hydrogens (tertiary/aromatic N) is 1. The minimum absolute atomic E-state index is 0.205. The molecular weight excluding hydrogens is 239 g/mol. The zero-order valence-electron chi connectivity index (χ0n) is 11.1. The van der Waals surface area contributed by atoms with Gasteiger partial charge in [-0.2, -0.15) is 0 Å². The molecule has 0 aliphatic heterocycles. The minimum atomic E-state index is -0.205. The Labute approximate surface area is 113 Å². The second kappa shape index (κ2) is 6.34. The second-order valence-electron chi connectivity index (χ2n) is 4.69. The van der Waals surface area contributed by atoms with E-state index in [2.05, 4.69) is 29.2 Å². The average molecular weight is 258 g/mol. The highest BCUT2D eigenvalue weighted by Crippen LogP contribution is 2.16. The molecule has 19 heavy (non-hydrogen) atoms. The van der Waals surface area contributed by atoms with Crippen LogP contribution in [0.15, 0.2) is 48.5 Å². The summed E-state index contributed by atoms with van der Waals surface area (Å²) in [4.78, 5) is 2.09. The van der Waals surface area contributed by atoms with E-state index in [0.29, 0.717) is 6.54 Å². The Morgan fingerprint density at radius 1 is 0.947 bits per heavy atom. The lowest BCUT2D eigenvalue weighted by Gasteiger charge is -2.19. The number of halogens is 1. The second-order valence-corrected chi connectivity index (χ2v) is 4.69. The molecule has 100 valence electrons. The fourth-order valence-corrected chi connectivity index (χ4v) is 2.04. The number of nitrogens with two attached hydrogens (primary N) is 1. The summed E-state index contributed by atoms with van der Waals surface area (Å²) in [6.45, 7) is 1.48. The van der Waals surface area contributed by atoms with E-state index in [4.69, 9.17) is 5.73 Å². The van der Waals surface area contributed by atoms with Crippen LogP contribution in [0.4, 0.5) is 10.1 Å². The lowest BCUT2D eigenvalue weighted by atomic mass is 10.1. The van der Waals surface area contributed by atoms with Crippen LogP contribution in [-0.2, 0) is 13.0 Å². The highest BCUT2D eigenvalue weighted by Gasteiger charge is 2.02. The predicted octanol–water partition coefficient (Wildman–Crippen LogP) is 2.96. The van der Waals surface area contributed by atoms with Gasteiger partial charge in [0.05, 0.1) is 0 Å². The van der Waals surface area contributed by atoms with Crippen LogP contribution < -0.4 is 10.6 Å². The molecule has 0 spiro atoms. The summed E-state index contributed by atoms with van der Waals surface area (Å²) in [5.74, 6) is -0.205. The summed E-state index contributed by atoms with van der Waals surface area (Å²) >= 11 is 0. The van der Waals surface area contributed by atoms with Gasteiger partial charge in [0.1, 0.15) is 5.82 Å². The Balaban J connectivity index is 2.01. The fraction of sp³-hybridized carbons (Fsp3) is 0.250. The van der Waals surface area contributed by atoms with E-state index in [-0.39, 0.29) is 5.82 Å². The van der Waals surface area contributed by atoms with Gasteiger partial charge in [0.15, 0.2) is 0 Å². The Kier molecular flexibility index (Phi) is 4.53. The smallest absolute Gasteiger partial charge is 0.123 e. The van der Waals surface area contributed by atoms with Gasteiger partial charge in [-0.25, -0.2) is 4.39 Å². The normalized spacial score (nSPS) is 10.5. The molecule has 2 aromatic rings. The number of hydrogen-bond acceptors (Lipinski definition) is 2. The summed E-state index contributed by atoms with van der Waals surface area (Å²) in [7, 11) is 2.00. The van der Waals surface area contributed by atoms with Crippen LogP contribution in [0, 0.1) is 5.82 Å². The standard InChI is InChI=1S/C16H19FN2/c1-19(16-8-6-15(17)7-9-16)12-14-4-2-13(3-5-14)10-11-18/h2-9H,10-12,18H2,1H3. The first-order valence-corrected chi connectivity index (χ1v) is 6.43. The van der Waals surface area contributed by atoms with Crippen molar-refractivity contribution in [3.63, 3.8) is 0 Å². The first-order valence-electron chi connectivity index (χ1n) is 6.43. The van der Waals surface area contributed by atoms with E-state index in [1.54, 1.807) is 12.1 Å². The highest BCUT2D eigenvalue weighted by atomic mass is 19.1. The van der Waals surface area contributed by atoms with Crippen molar-refractivity contribution in [2.75, 3.05) is 18.5 Å². The maximum Gasteiger partial charge on any atom is 0.123 e. The van der Waals surface area contributed by atoms with Crippen LogP contribution in [0.2, 0.25) is 0 Å². The van der Waals surface area contributed by atoms with E-state index in [0.717, 1.165) is 18.7 Å². The van der Waals surface area contributed by atoms with Gasteiger partial charge in [-0.05, 0) is 48.4 Å². The lowest BCUT2D eigenvalue weighted by Crippen LogP contribution is -2.16. The molecule has 0 aliphatic rings. The molecule has 2 aromatic carbocycles. The van der Waals surface area contributed by atoms with Gasteiger partial charge in [-0.1, -0.05) is 24.3 Å². The summed E-state index contributed by atoms with van der Waals surface area (Å²) in [5, 5.41) is 0. The number of anilines is 1. The third kappa shape index (κ3) is 3.80. The van der Waals surface area contributed by atoms with Crippen molar-refractivity contribution in [1.82, 2.24) is 0 Å². The molecule has 0 radical (unpaired) electrons. The maximum atomic E-state index is 12.9. The van der Waals surface area contributed by atoms with Gasteiger partial charge in [-0.15, -0.1) is 0 Å². The zero-order chi connectivity index (χ0) is 13.7. The van der Waals surface area contributed by atoms with Crippen LogP contribution >= 0.6 is 0 Å². The first-order chi connectivity index (χ1) is 9.19. The fourth-order valence-electron chi connectivity index (χ4n) is 2.04. The summed E-state index contributed by atoms with van der Waals surface area (Å²) in [6.07, 6.45) is 0.911. The molecule has 0 unspecified atom stereocenters. The number of benzene rings is 2. The number of hydrogen-bond donors (Lipinski definition) is 1. The minimum Gasteiger partial charge on any atom is -0.370 e. The molecule has 3 heteroatoms. The molecule has 2 nitrogen and oxygen atoms in total. The van der Waals surface area contributed by atoms with Crippen molar-refractivity contribution in [2.24, 2.45) is 5.73 Å². The molecule has 0 bridgehead atoms. The van der Waals surface area contributed by atoms with Crippen LogP contribution in [0.1, 0.15) is 11.1 Å². The topological polar surface area (TPSA) is 29.3 Å². The third-order valence-corrected chi connectivity index (χ3v) is 3.14. The van der Waals surface area contributed by atoms with E-state index >= 15 is 0 Å². The average Bonchev–Trinajstić information content (AvgIpc) is 2.42. The summed E-state index contributed by atoms with van der Waals surface area (Å²) in [6, 6.07) is 15.0. The lowest BCUT2D eigenvalue weighted by molar-refractivity contribution is 0.627. The molecule has 0 saturated heterocycles. The monoisotopic (exact) mass is 258 g/mol. The molecule has 2 N–H and O–H groups in total. The highest BCUT2D eigenvalue weighted by molar-refractivity contribution is 5.46. The van der Waals surface area contributed by atoms with Gasteiger partial charge < -0.3 is 10.6 Å². The van der Waals surface area contributed by atoms with E-state index in [1.807, 2.05) is 7.05 Å². The van der Waals surface area contributed by atoms with Gasteiger partial charge in [0, 0.05) is 19.3 Å². The molecule has 2 rings (SSSR count). The van der Waals surface area contributed by atoms with Crippen molar-refractivity contribution in [3.8, 4) is 0 Å². The van der Waals surface area contributed by atoms with Crippen molar-refractivity contribution < 1.29 is 4.39 Å². The Hall–Kier alpha value is -1.87. The van der Waals surface area contributed by atoms with Crippen LogP contribution in [0.25, 0.3) is 0 Å². The summed E-state index contributed by atoms with van der Waals surface area (Å²) < 4.78 is 12.9. The van der Waals surface area contributed by atoms with Crippen molar-refractivity contribution >= 4 is 5.69 Å². The van der Waals surface area contributed by atoms with Gasteiger partial charge in [0.2, 0.25) is 0 Å². The van der Waals surface area contributed by atoms with Crippen molar-refractivity contribution in [3.05, 3.63) is 65.5 Å². The van der Waals surface area contributed by atoms with Gasteiger partial charge in [0.25, 0.3) is 0 Å². The van der Waals surface area contributed by atoms with Crippen molar-refractivity contribution in [2.45, 2.75) is 13.0 Å². The Morgan fingerprint density at radius 3 is 2.11 bits per heavy atom. The Bertz CT molecular complexity index is 505. The summed E-state index contributed by atoms with van der Waals surface area (Å²) in [5.41, 5.74) is 9.02. The number of rotatable bonds is 5. The van der Waals surface area contributed by atoms with Gasteiger partial charge >= 0.3 is 0 Å². The van der Waals surface area contributed by atoms with Crippen molar-refractivity contribution in [1.29, 1.82) is 0 Å². The van der Waals surface area contributed by atoms with Crippen LogP contribution in [0.5, 0.6) is 0 Å². The molecule has 0 heterocycles. The molecular formula is C16H19FN2. The zero-order valence-corrected chi connectivity index (χ0v) is 11.1. The molecule has 0 atom stereocenters. The molecule has 0 aromatic heterocycles. The first kappa shape index (κ1) is 13.6. The van der Waals surface area contributed by atoms with Crippen LogP contribution in [-0.4, -0.2) is 13.6 Å². The van der Waals surface area contributed by atoms with E-state index in [9.17, 15) is 4.39 Å². The Morgan fingerprint density at radius 2 is 1.53 bits per heavy atom. The maximum absolute atomic E-state index is 12.9.